The van der Waals surface area contributed by atoms with Crippen LogP contribution in [0.1, 0.15) is 19.8 Å². The molecule has 4 nitrogen and oxygen atoms in total. The van der Waals surface area contributed by atoms with Gasteiger partial charge in [0.1, 0.15) is 11.5 Å². The van der Waals surface area contributed by atoms with E-state index in [2.05, 4.69) is 0 Å². The standard InChI is InChI=1S/C9H12O4/c1-8-5-9(11-2-3-12-9)4-6(8)7(10)13-8/h6H,2-5H2,1H3/t6-,8-/m0/s1. The molecule has 1 spiro atoms. The zero-order valence-electron chi connectivity index (χ0n) is 7.54. The third-order valence-electron chi connectivity index (χ3n) is 3.30. The van der Waals surface area contributed by atoms with Crippen molar-refractivity contribution in [1.82, 2.24) is 0 Å². The second-order valence-electron chi connectivity index (χ2n) is 4.27. The number of fused-ring (bicyclic) bond motifs is 1. The second-order valence-corrected chi connectivity index (χ2v) is 4.27. The molecule has 3 fully saturated rings. The molecule has 0 unspecified atom stereocenters. The van der Waals surface area contributed by atoms with Gasteiger partial charge in [-0.25, -0.2) is 0 Å². The van der Waals surface area contributed by atoms with Gasteiger partial charge in [-0.1, -0.05) is 0 Å². The van der Waals surface area contributed by atoms with Crippen molar-refractivity contribution in [1.29, 1.82) is 0 Å². The number of esters is 1. The first-order chi connectivity index (χ1) is 6.14. The highest BCUT2D eigenvalue weighted by Gasteiger charge is 2.66. The molecule has 13 heavy (non-hydrogen) atoms. The largest absolute Gasteiger partial charge is 0.458 e. The molecular weight excluding hydrogens is 172 g/mol. The Balaban J connectivity index is 1.87. The van der Waals surface area contributed by atoms with Crippen LogP contribution in [0.2, 0.25) is 0 Å². The molecule has 2 heterocycles. The third kappa shape index (κ3) is 0.849. The summed E-state index contributed by atoms with van der Waals surface area (Å²) in [5, 5.41) is 0. The van der Waals surface area contributed by atoms with E-state index in [9.17, 15) is 4.79 Å². The average Bonchev–Trinajstić information content (AvgIpc) is 2.57. The van der Waals surface area contributed by atoms with Crippen LogP contribution >= 0.6 is 0 Å². The van der Waals surface area contributed by atoms with Crippen molar-refractivity contribution >= 4 is 5.97 Å². The third-order valence-corrected chi connectivity index (χ3v) is 3.30. The number of ether oxygens (including phenoxy) is 3. The van der Waals surface area contributed by atoms with Gasteiger partial charge >= 0.3 is 5.97 Å². The molecule has 4 heteroatoms. The molecule has 0 aromatic rings. The molecule has 3 rings (SSSR count). The summed E-state index contributed by atoms with van der Waals surface area (Å²) >= 11 is 0. The van der Waals surface area contributed by atoms with E-state index in [1.807, 2.05) is 6.92 Å². The zero-order valence-corrected chi connectivity index (χ0v) is 7.54. The van der Waals surface area contributed by atoms with E-state index in [0.29, 0.717) is 26.1 Å². The van der Waals surface area contributed by atoms with Crippen LogP contribution < -0.4 is 0 Å². The molecule has 0 radical (unpaired) electrons. The molecule has 1 aliphatic carbocycles. The van der Waals surface area contributed by atoms with Crippen molar-refractivity contribution in [3.63, 3.8) is 0 Å². The van der Waals surface area contributed by atoms with E-state index >= 15 is 0 Å². The highest BCUT2D eigenvalue weighted by atomic mass is 16.7. The van der Waals surface area contributed by atoms with Crippen LogP contribution in [0, 0.1) is 5.92 Å². The summed E-state index contributed by atoms with van der Waals surface area (Å²) in [6.45, 7) is 3.23. The first-order valence-corrected chi connectivity index (χ1v) is 4.64. The molecule has 2 saturated heterocycles. The van der Waals surface area contributed by atoms with Gasteiger partial charge in [0.05, 0.1) is 13.2 Å². The molecule has 72 valence electrons. The van der Waals surface area contributed by atoms with Crippen molar-refractivity contribution in [2.75, 3.05) is 13.2 Å². The smallest absolute Gasteiger partial charge is 0.313 e. The van der Waals surface area contributed by atoms with Gasteiger partial charge in [-0.05, 0) is 6.92 Å². The number of hydrogen-bond donors (Lipinski definition) is 0. The number of carbonyl (C=O) groups excluding carboxylic acids is 1. The lowest BCUT2D eigenvalue weighted by atomic mass is 9.87. The minimum absolute atomic E-state index is 0.00870. The highest BCUT2D eigenvalue weighted by molar-refractivity contribution is 5.81. The fourth-order valence-corrected chi connectivity index (χ4v) is 2.66. The van der Waals surface area contributed by atoms with E-state index in [1.165, 1.54) is 0 Å². The quantitative estimate of drug-likeness (QED) is 0.513. The first kappa shape index (κ1) is 7.76. The predicted octanol–water partition coefficient (Wildman–Crippen LogP) is 0.455. The van der Waals surface area contributed by atoms with Crippen molar-refractivity contribution < 1.29 is 19.0 Å². The molecule has 2 aliphatic heterocycles. The fraction of sp³-hybridized carbons (Fsp3) is 0.889. The van der Waals surface area contributed by atoms with Crippen molar-refractivity contribution in [2.45, 2.75) is 31.2 Å². The van der Waals surface area contributed by atoms with Crippen LogP contribution in [0.25, 0.3) is 0 Å². The Bertz CT molecular complexity index is 269. The SMILES string of the molecule is C[C@]12CC3(C[C@H]1C(=O)O2)OCCO3. The fourth-order valence-electron chi connectivity index (χ4n) is 2.66. The second kappa shape index (κ2) is 2.07. The summed E-state index contributed by atoms with van der Waals surface area (Å²) in [6, 6.07) is 0. The van der Waals surface area contributed by atoms with Gasteiger partial charge < -0.3 is 14.2 Å². The van der Waals surface area contributed by atoms with Crippen LogP contribution in [0.4, 0.5) is 0 Å². The normalized spacial score (nSPS) is 45.9. The predicted molar refractivity (Wildman–Crippen MR) is 41.9 cm³/mol. The molecule has 0 aromatic heterocycles. The van der Waals surface area contributed by atoms with Crippen molar-refractivity contribution in [3.05, 3.63) is 0 Å². The Morgan fingerprint density at radius 1 is 1.38 bits per heavy atom. The van der Waals surface area contributed by atoms with Gasteiger partial charge in [0.15, 0.2) is 5.79 Å². The number of carbonyl (C=O) groups is 1. The molecular formula is C9H12O4. The zero-order chi connectivity index (χ0) is 9.10. The van der Waals surface area contributed by atoms with E-state index in [0.717, 1.165) is 0 Å². The maximum atomic E-state index is 11.1. The maximum Gasteiger partial charge on any atom is 0.313 e. The van der Waals surface area contributed by atoms with Gasteiger partial charge in [-0.3, -0.25) is 4.79 Å². The summed E-state index contributed by atoms with van der Waals surface area (Å²) in [7, 11) is 0. The first-order valence-electron chi connectivity index (χ1n) is 4.64. The molecule has 3 aliphatic rings. The molecule has 1 saturated carbocycles. The maximum absolute atomic E-state index is 11.1. The Hall–Kier alpha value is -0.610. The summed E-state index contributed by atoms with van der Waals surface area (Å²) in [6.07, 6.45) is 1.36. The van der Waals surface area contributed by atoms with Crippen LogP contribution in [0.15, 0.2) is 0 Å². The Morgan fingerprint density at radius 2 is 2.08 bits per heavy atom. The van der Waals surface area contributed by atoms with Crippen molar-refractivity contribution in [3.8, 4) is 0 Å². The van der Waals surface area contributed by atoms with Gasteiger partial charge in [0, 0.05) is 12.8 Å². The van der Waals surface area contributed by atoms with Crippen LogP contribution in [-0.4, -0.2) is 30.6 Å². The van der Waals surface area contributed by atoms with Gasteiger partial charge in [0.2, 0.25) is 0 Å². The summed E-state index contributed by atoms with van der Waals surface area (Å²) in [5.41, 5.74) is -0.318. The average molecular weight is 184 g/mol. The monoisotopic (exact) mass is 184 g/mol. The minimum atomic E-state index is -0.508. The van der Waals surface area contributed by atoms with Gasteiger partial charge in [0.25, 0.3) is 0 Å². The molecule has 0 amide bonds. The summed E-state index contributed by atoms with van der Waals surface area (Å²) < 4.78 is 16.2. The Morgan fingerprint density at radius 3 is 2.62 bits per heavy atom. The van der Waals surface area contributed by atoms with Gasteiger partial charge in [-0.2, -0.15) is 0 Å². The number of rotatable bonds is 0. The number of hydrogen-bond acceptors (Lipinski definition) is 4. The van der Waals surface area contributed by atoms with Crippen LogP contribution in [0.5, 0.6) is 0 Å². The van der Waals surface area contributed by atoms with E-state index in [-0.39, 0.29) is 17.5 Å². The highest BCUT2D eigenvalue weighted by Crippen LogP contribution is 2.54. The van der Waals surface area contributed by atoms with E-state index in [1.54, 1.807) is 0 Å². The lowest BCUT2D eigenvalue weighted by molar-refractivity contribution is -0.204. The Kier molecular flexibility index (Phi) is 1.23. The topological polar surface area (TPSA) is 44.8 Å². The lowest BCUT2D eigenvalue weighted by Gasteiger charge is -2.39. The molecule has 0 N–H and O–H groups in total. The van der Waals surface area contributed by atoms with Crippen LogP contribution in [0.3, 0.4) is 0 Å². The van der Waals surface area contributed by atoms with Crippen molar-refractivity contribution in [2.24, 2.45) is 5.92 Å². The summed E-state index contributed by atoms with van der Waals surface area (Å²) in [5.74, 6) is -0.616. The van der Waals surface area contributed by atoms with Crippen LogP contribution in [-0.2, 0) is 19.0 Å². The minimum Gasteiger partial charge on any atom is -0.458 e. The molecule has 0 aromatic carbocycles. The van der Waals surface area contributed by atoms with E-state index in [4.69, 9.17) is 14.2 Å². The molecule has 2 atom stereocenters. The lowest BCUT2D eigenvalue weighted by Crippen LogP contribution is -2.51. The summed E-state index contributed by atoms with van der Waals surface area (Å²) in [4.78, 5) is 11.1. The van der Waals surface area contributed by atoms with Gasteiger partial charge in [-0.15, -0.1) is 0 Å². The Labute approximate surface area is 76.1 Å². The molecule has 0 bridgehead atoms. The van der Waals surface area contributed by atoms with E-state index < -0.39 is 5.79 Å².